The second-order valence-corrected chi connectivity index (χ2v) is 4.00. The van der Waals surface area contributed by atoms with Crippen molar-refractivity contribution >= 4 is 5.78 Å². The minimum Gasteiger partial charge on any atom is -0.298 e. The zero-order valence-corrected chi connectivity index (χ0v) is 7.21. The molecule has 11 heavy (non-hydrogen) atoms. The first-order valence-corrected chi connectivity index (χ1v) is 4.41. The van der Waals surface area contributed by atoms with Gasteiger partial charge in [0.1, 0.15) is 5.78 Å². The van der Waals surface area contributed by atoms with Gasteiger partial charge in [0.15, 0.2) is 0 Å². The molecule has 2 aliphatic rings. The summed E-state index contributed by atoms with van der Waals surface area (Å²) in [5.41, 5.74) is 0. The molecule has 1 saturated heterocycles. The summed E-state index contributed by atoms with van der Waals surface area (Å²) < 4.78 is 0. The molecule has 0 aromatic rings. The quantitative estimate of drug-likeness (QED) is 0.558. The standard InChI is InChI=1S/C9H15NO/c1-6(11)9-8-4-3-7(8)5-10(9)2/h7-9H,3-5H2,1-2H3. The number of nitrogens with zero attached hydrogens (tertiary/aromatic N) is 1. The number of likely N-dealkylation sites (N-methyl/N-ethyl adjacent to an activating group) is 1. The highest BCUT2D eigenvalue weighted by Gasteiger charge is 2.47. The van der Waals surface area contributed by atoms with Gasteiger partial charge in [-0.2, -0.15) is 0 Å². The molecule has 1 heterocycles. The average Bonchev–Trinajstić information content (AvgIpc) is 2.10. The predicted octanol–water partition coefficient (Wildman–Crippen LogP) is 0.916. The maximum absolute atomic E-state index is 11.2. The lowest BCUT2D eigenvalue weighted by atomic mass is 9.72. The summed E-state index contributed by atoms with van der Waals surface area (Å²) in [4.78, 5) is 13.4. The zero-order valence-electron chi connectivity index (χ0n) is 7.21. The van der Waals surface area contributed by atoms with Gasteiger partial charge in [0, 0.05) is 6.54 Å². The van der Waals surface area contributed by atoms with Crippen molar-refractivity contribution < 1.29 is 4.79 Å². The molecule has 2 heteroatoms. The van der Waals surface area contributed by atoms with Gasteiger partial charge in [-0.25, -0.2) is 0 Å². The molecule has 2 nitrogen and oxygen atoms in total. The fraction of sp³-hybridized carbons (Fsp3) is 0.889. The van der Waals surface area contributed by atoms with Crippen molar-refractivity contribution in [3.05, 3.63) is 0 Å². The van der Waals surface area contributed by atoms with Crippen LogP contribution in [0.15, 0.2) is 0 Å². The summed E-state index contributed by atoms with van der Waals surface area (Å²) in [5.74, 6) is 1.91. The summed E-state index contributed by atoms with van der Waals surface area (Å²) in [7, 11) is 2.07. The fourth-order valence-electron chi connectivity index (χ4n) is 2.66. The van der Waals surface area contributed by atoms with Crippen molar-refractivity contribution in [2.24, 2.45) is 11.8 Å². The molecule has 0 aromatic carbocycles. The summed E-state index contributed by atoms with van der Waals surface area (Å²) in [6.07, 6.45) is 2.62. The van der Waals surface area contributed by atoms with E-state index in [9.17, 15) is 4.79 Å². The molecule has 3 atom stereocenters. The van der Waals surface area contributed by atoms with Crippen LogP contribution in [0.5, 0.6) is 0 Å². The van der Waals surface area contributed by atoms with Gasteiger partial charge in [0.25, 0.3) is 0 Å². The Labute approximate surface area is 67.6 Å². The number of fused-ring (bicyclic) bond motifs is 1. The number of Topliss-reactive ketones (excluding diaryl/α,β-unsaturated/α-hetero) is 1. The zero-order chi connectivity index (χ0) is 8.01. The van der Waals surface area contributed by atoms with E-state index in [4.69, 9.17) is 0 Å². The number of carbonyl (C=O) groups excluding carboxylic acids is 1. The molecule has 0 bridgehead atoms. The third-order valence-electron chi connectivity index (χ3n) is 3.30. The molecule has 0 spiro atoms. The first-order valence-electron chi connectivity index (χ1n) is 4.41. The van der Waals surface area contributed by atoms with Crippen LogP contribution in [-0.4, -0.2) is 30.3 Å². The van der Waals surface area contributed by atoms with E-state index in [2.05, 4.69) is 11.9 Å². The van der Waals surface area contributed by atoms with Gasteiger partial charge in [-0.3, -0.25) is 9.69 Å². The summed E-state index contributed by atoms with van der Waals surface area (Å²) in [5, 5.41) is 0. The van der Waals surface area contributed by atoms with E-state index in [1.807, 2.05) is 0 Å². The third-order valence-corrected chi connectivity index (χ3v) is 3.30. The molecular formula is C9H15NO. The second-order valence-electron chi connectivity index (χ2n) is 4.00. The van der Waals surface area contributed by atoms with Crippen molar-refractivity contribution in [3.8, 4) is 0 Å². The molecule has 1 saturated carbocycles. The molecule has 62 valence electrons. The Balaban J connectivity index is 2.13. The Morgan fingerprint density at radius 1 is 1.45 bits per heavy atom. The summed E-state index contributed by atoms with van der Waals surface area (Å²) in [6, 6.07) is 0.258. The highest BCUT2D eigenvalue weighted by molar-refractivity contribution is 5.82. The van der Waals surface area contributed by atoms with E-state index in [0.717, 1.165) is 12.5 Å². The Morgan fingerprint density at radius 3 is 2.45 bits per heavy atom. The number of ketones is 1. The Morgan fingerprint density at radius 2 is 2.18 bits per heavy atom. The maximum atomic E-state index is 11.2. The predicted molar refractivity (Wildman–Crippen MR) is 43.3 cm³/mol. The molecule has 0 N–H and O–H groups in total. The first-order chi connectivity index (χ1) is 5.20. The Hall–Kier alpha value is -0.370. The van der Waals surface area contributed by atoms with Gasteiger partial charge >= 0.3 is 0 Å². The number of hydrogen-bond acceptors (Lipinski definition) is 2. The topological polar surface area (TPSA) is 20.3 Å². The van der Waals surface area contributed by atoms with Crippen LogP contribution in [0, 0.1) is 11.8 Å². The molecule has 1 aliphatic carbocycles. The van der Waals surface area contributed by atoms with Gasteiger partial charge in [-0.05, 0) is 38.6 Å². The van der Waals surface area contributed by atoms with E-state index in [1.54, 1.807) is 6.92 Å². The second kappa shape index (κ2) is 2.31. The normalized spacial score (nSPS) is 43.3. The van der Waals surface area contributed by atoms with Crippen molar-refractivity contribution in [2.45, 2.75) is 25.8 Å². The van der Waals surface area contributed by atoms with Crippen LogP contribution in [0.4, 0.5) is 0 Å². The molecule has 3 unspecified atom stereocenters. The van der Waals surface area contributed by atoms with Crippen LogP contribution in [0.2, 0.25) is 0 Å². The van der Waals surface area contributed by atoms with Crippen LogP contribution in [-0.2, 0) is 4.79 Å². The van der Waals surface area contributed by atoms with E-state index in [-0.39, 0.29) is 6.04 Å². The van der Waals surface area contributed by atoms with Crippen LogP contribution in [0.1, 0.15) is 19.8 Å². The molecule has 2 rings (SSSR count). The largest absolute Gasteiger partial charge is 0.298 e. The van der Waals surface area contributed by atoms with Crippen LogP contribution < -0.4 is 0 Å². The minimum absolute atomic E-state index is 0.258. The van der Waals surface area contributed by atoms with Crippen molar-refractivity contribution in [3.63, 3.8) is 0 Å². The molecule has 1 aliphatic heterocycles. The van der Waals surface area contributed by atoms with Gasteiger partial charge in [-0.15, -0.1) is 0 Å². The van der Waals surface area contributed by atoms with Gasteiger partial charge < -0.3 is 0 Å². The summed E-state index contributed by atoms with van der Waals surface area (Å²) in [6.45, 7) is 2.87. The SMILES string of the molecule is CC(=O)C1C2CCC2CN1C. The van der Waals surface area contributed by atoms with Crippen molar-refractivity contribution in [1.29, 1.82) is 0 Å². The highest BCUT2D eigenvalue weighted by Crippen LogP contribution is 2.44. The molecule has 0 amide bonds. The van der Waals surface area contributed by atoms with Gasteiger partial charge in [0.05, 0.1) is 6.04 Å². The number of hydrogen-bond donors (Lipinski definition) is 0. The van der Waals surface area contributed by atoms with E-state index in [0.29, 0.717) is 11.7 Å². The average molecular weight is 153 g/mol. The maximum Gasteiger partial charge on any atom is 0.147 e. The van der Waals surface area contributed by atoms with Gasteiger partial charge in [-0.1, -0.05) is 0 Å². The van der Waals surface area contributed by atoms with E-state index < -0.39 is 0 Å². The lowest BCUT2D eigenvalue weighted by molar-refractivity contribution is -0.122. The smallest absolute Gasteiger partial charge is 0.147 e. The highest BCUT2D eigenvalue weighted by atomic mass is 16.1. The van der Waals surface area contributed by atoms with E-state index in [1.165, 1.54) is 12.8 Å². The number of carbonyl (C=O) groups is 1. The lowest BCUT2D eigenvalue weighted by Crippen LogP contribution is -2.38. The van der Waals surface area contributed by atoms with Crippen molar-refractivity contribution in [1.82, 2.24) is 4.90 Å². The van der Waals surface area contributed by atoms with Crippen LogP contribution >= 0.6 is 0 Å². The van der Waals surface area contributed by atoms with E-state index >= 15 is 0 Å². The van der Waals surface area contributed by atoms with Crippen LogP contribution in [0.25, 0.3) is 0 Å². The molecule has 0 radical (unpaired) electrons. The molecule has 2 fully saturated rings. The third kappa shape index (κ3) is 0.924. The Bertz CT molecular complexity index is 190. The number of likely N-dealkylation sites (tertiary alicyclic amines) is 1. The van der Waals surface area contributed by atoms with Crippen molar-refractivity contribution in [2.75, 3.05) is 13.6 Å². The fourth-order valence-corrected chi connectivity index (χ4v) is 2.66. The number of rotatable bonds is 1. The molecule has 0 aromatic heterocycles. The summed E-state index contributed by atoms with van der Waals surface area (Å²) >= 11 is 0. The van der Waals surface area contributed by atoms with Crippen LogP contribution in [0.3, 0.4) is 0 Å². The van der Waals surface area contributed by atoms with Gasteiger partial charge in [0.2, 0.25) is 0 Å². The minimum atomic E-state index is 0.258. The monoisotopic (exact) mass is 153 g/mol. The molecular weight excluding hydrogens is 138 g/mol. The lowest BCUT2D eigenvalue weighted by Gasteiger charge is -2.32. The Kier molecular flexibility index (Phi) is 1.53. The first kappa shape index (κ1) is 7.29.